The molecule has 4 nitrogen and oxygen atoms in total. The number of benzene rings is 1. The van der Waals surface area contributed by atoms with E-state index >= 15 is 0 Å². The summed E-state index contributed by atoms with van der Waals surface area (Å²) >= 11 is 6.63. The van der Waals surface area contributed by atoms with Crippen LogP contribution >= 0.6 is 31.9 Å². The zero-order valence-corrected chi connectivity index (χ0v) is 14.4. The molecule has 1 rings (SSSR count). The summed E-state index contributed by atoms with van der Waals surface area (Å²) in [6, 6.07) is 4.47. The second-order valence-electron chi connectivity index (χ2n) is 4.60. The second-order valence-corrected chi connectivity index (χ2v) is 6.44. The van der Waals surface area contributed by atoms with E-state index in [4.69, 9.17) is 5.73 Å². The molecule has 1 atom stereocenters. The van der Waals surface area contributed by atoms with Crippen LogP contribution in [-0.4, -0.2) is 17.9 Å². The topological polar surface area (TPSA) is 72.2 Å². The van der Waals surface area contributed by atoms with E-state index in [1.54, 1.807) is 12.1 Å². The Kier molecular flexibility index (Phi) is 6.42. The Labute approximate surface area is 135 Å². The molecule has 108 valence electrons. The van der Waals surface area contributed by atoms with Gasteiger partial charge in [0.25, 0.3) is 5.91 Å². The number of carbonyl (C=O) groups excluding carboxylic acids is 2. The van der Waals surface area contributed by atoms with Crippen molar-refractivity contribution >= 4 is 43.7 Å². The number of hydrogen-bond donors (Lipinski definition) is 2. The first-order valence-corrected chi connectivity index (χ1v) is 7.58. The van der Waals surface area contributed by atoms with Gasteiger partial charge in [0, 0.05) is 14.5 Å². The summed E-state index contributed by atoms with van der Waals surface area (Å²) in [7, 11) is 0. The average molecular weight is 404 g/mol. The molecule has 3 N–H and O–H groups in total. The molecular formula is C14H16Br2N2O2. The van der Waals surface area contributed by atoms with Crippen molar-refractivity contribution in [1.29, 1.82) is 0 Å². The molecule has 0 heterocycles. The van der Waals surface area contributed by atoms with E-state index in [0.717, 1.165) is 14.5 Å². The van der Waals surface area contributed by atoms with Gasteiger partial charge in [-0.25, -0.2) is 0 Å². The van der Waals surface area contributed by atoms with E-state index in [1.807, 2.05) is 26.0 Å². The number of nitrogens with one attached hydrogen (secondary N) is 1. The molecule has 6 heteroatoms. The van der Waals surface area contributed by atoms with Crippen molar-refractivity contribution in [1.82, 2.24) is 5.32 Å². The maximum absolute atomic E-state index is 12.1. The van der Waals surface area contributed by atoms with Crippen molar-refractivity contribution in [3.63, 3.8) is 0 Å². The summed E-state index contributed by atoms with van der Waals surface area (Å²) < 4.78 is 1.55. The summed E-state index contributed by atoms with van der Waals surface area (Å²) in [5.74, 6) is -0.886. The Bertz CT molecular complexity index is 532. The minimum Gasteiger partial charge on any atom is -0.368 e. The first-order valence-electron chi connectivity index (χ1n) is 5.99. The van der Waals surface area contributed by atoms with Gasteiger partial charge in [-0.1, -0.05) is 43.5 Å². The molecule has 0 spiro atoms. The maximum Gasteiger partial charge on any atom is 0.252 e. The predicted molar refractivity (Wildman–Crippen MR) is 86.3 cm³/mol. The molecule has 0 radical (unpaired) electrons. The van der Waals surface area contributed by atoms with Crippen molar-refractivity contribution in [3.05, 3.63) is 44.4 Å². The minimum atomic E-state index is -0.713. The van der Waals surface area contributed by atoms with Crippen LogP contribution in [-0.2, 0) is 4.79 Å². The fraction of sp³-hybridized carbons (Fsp3) is 0.286. The number of allylic oxidation sites excluding steroid dienone is 1. The van der Waals surface area contributed by atoms with Crippen molar-refractivity contribution in [2.45, 2.75) is 26.3 Å². The summed E-state index contributed by atoms with van der Waals surface area (Å²) in [4.78, 5) is 23.5. The van der Waals surface area contributed by atoms with Crippen molar-refractivity contribution in [3.8, 4) is 0 Å². The zero-order chi connectivity index (χ0) is 15.3. The molecule has 0 aromatic heterocycles. The standard InChI is InChI=1S/C14H16Br2N2O2/c1-8(2)3-4-12(13(17)19)18-14(20)9-5-10(15)7-11(16)6-9/h3,5-7,12H,4H2,1-2H3,(H2,17,19)(H,18,20)/t12-/m0/s1. The number of hydrogen-bond acceptors (Lipinski definition) is 2. The zero-order valence-electron chi connectivity index (χ0n) is 11.2. The summed E-state index contributed by atoms with van der Waals surface area (Å²) in [5.41, 5.74) is 6.83. The monoisotopic (exact) mass is 402 g/mol. The van der Waals surface area contributed by atoms with Gasteiger partial charge in [-0.15, -0.1) is 0 Å². The molecule has 0 aliphatic heterocycles. The molecule has 0 aliphatic rings. The minimum absolute atomic E-state index is 0.335. The molecule has 0 unspecified atom stereocenters. The number of carbonyl (C=O) groups is 2. The molecule has 1 aromatic carbocycles. The highest BCUT2D eigenvalue weighted by molar-refractivity contribution is 9.11. The molecular weight excluding hydrogens is 388 g/mol. The molecule has 20 heavy (non-hydrogen) atoms. The number of nitrogens with two attached hydrogens (primary N) is 1. The van der Waals surface area contributed by atoms with Gasteiger partial charge in [0.1, 0.15) is 6.04 Å². The van der Waals surface area contributed by atoms with E-state index in [-0.39, 0.29) is 5.91 Å². The molecule has 0 bridgehead atoms. The number of primary amides is 1. The largest absolute Gasteiger partial charge is 0.368 e. The van der Waals surface area contributed by atoms with Gasteiger partial charge in [0.15, 0.2) is 0 Å². The highest BCUT2D eigenvalue weighted by atomic mass is 79.9. The van der Waals surface area contributed by atoms with Gasteiger partial charge in [0.05, 0.1) is 0 Å². The number of rotatable bonds is 5. The highest BCUT2D eigenvalue weighted by Gasteiger charge is 2.18. The van der Waals surface area contributed by atoms with Crippen LogP contribution in [0.25, 0.3) is 0 Å². The van der Waals surface area contributed by atoms with Crippen molar-refractivity contribution < 1.29 is 9.59 Å². The van der Waals surface area contributed by atoms with Crippen LogP contribution < -0.4 is 11.1 Å². The molecule has 1 aromatic rings. The summed E-state index contributed by atoms with van der Waals surface area (Å²) in [6.07, 6.45) is 2.26. The third-order valence-corrected chi connectivity index (χ3v) is 3.45. The normalized spacial score (nSPS) is 11.6. The van der Waals surface area contributed by atoms with E-state index in [9.17, 15) is 9.59 Å². The highest BCUT2D eigenvalue weighted by Crippen LogP contribution is 2.20. The predicted octanol–water partition coefficient (Wildman–Crippen LogP) is 3.15. The molecule has 0 fully saturated rings. The lowest BCUT2D eigenvalue weighted by Crippen LogP contribution is -2.44. The van der Waals surface area contributed by atoms with Crippen LogP contribution in [0.4, 0.5) is 0 Å². The summed E-state index contributed by atoms with van der Waals surface area (Å²) in [6.45, 7) is 3.84. The molecule has 0 aliphatic carbocycles. The Hall–Kier alpha value is -1.14. The van der Waals surface area contributed by atoms with Crippen LogP contribution in [0.5, 0.6) is 0 Å². The maximum atomic E-state index is 12.1. The average Bonchev–Trinajstić information content (AvgIpc) is 2.32. The number of amides is 2. The lowest BCUT2D eigenvalue weighted by atomic mass is 10.1. The Balaban J connectivity index is 2.85. The fourth-order valence-electron chi connectivity index (χ4n) is 1.53. The van der Waals surface area contributed by atoms with Crippen LogP contribution in [0.15, 0.2) is 38.8 Å². The van der Waals surface area contributed by atoms with Gasteiger partial charge in [-0.3, -0.25) is 9.59 Å². The van der Waals surface area contributed by atoms with E-state index < -0.39 is 11.9 Å². The van der Waals surface area contributed by atoms with Crippen LogP contribution in [0.2, 0.25) is 0 Å². The second kappa shape index (κ2) is 7.59. The molecule has 2 amide bonds. The van der Waals surface area contributed by atoms with Crippen LogP contribution in [0, 0.1) is 0 Å². The van der Waals surface area contributed by atoms with Crippen molar-refractivity contribution in [2.24, 2.45) is 5.73 Å². The van der Waals surface area contributed by atoms with Gasteiger partial charge >= 0.3 is 0 Å². The summed E-state index contributed by atoms with van der Waals surface area (Å²) in [5, 5.41) is 2.64. The molecule has 0 saturated carbocycles. The van der Waals surface area contributed by atoms with E-state index in [0.29, 0.717) is 12.0 Å². The van der Waals surface area contributed by atoms with E-state index in [1.165, 1.54) is 0 Å². The van der Waals surface area contributed by atoms with Crippen LogP contribution in [0.1, 0.15) is 30.6 Å². The fourth-order valence-corrected chi connectivity index (χ4v) is 2.82. The van der Waals surface area contributed by atoms with Crippen LogP contribution in [0.3, 0.4) is 0 Å². The Morgan fingerprint density at radius 1 is 1.25 bits per heavy atom. The van der Waals surface area contributed by atoms with Crippen molar-refractivity contribution in [2.75, 3.05) is 0 Å². The SMILES string of the molecule is CC(C)=CC[C@H](NC(=O)c1cc(Br)cc(Br)c1)C(N)=O. The Morgan fingerprint density at radius 2 is 1.80 bits per heavy atom. The lowest BCUT2D eigenvalue weighted by Gasteiger charge is -2.14. The smallest absolute Gasteiger partial charge is 0.252 e. The quantitative estimate of drug-likeness (QED) is 0.741. The third kappa shape index (κ3) is 5.46. The lowest BCUT2D eigenvalue weighted by molar-refractivity contribution is -0.119. The molecule has 0 saturated heterocycles. The van der Waals surface area contributed by atoms with Gasteiger partial charge in [0.2, 0.25) is 5.91 Å². The number of halogens is 2. The van der Waals surface area contributed by atoms with Gasteiger partial charge < -0.3 is 11.1 Å². The van der Waals surface area contributed by atoms with Gasteiger partial charge in [-0.2, -0.15) is 0 Å². The first-order chi connectivity index (χ1) is 9.29. The Morgan fingerprint density at radius 3 is 2.25 bits per heavy atom. The van der Waals surface area contributed by atoms with Gasteiger partial charge in [-0.05, 0) is 38.5 Å². The van der Waals surface area contributed by atoms with E-state index in [2.05, 4.69) is 37.2 Å². The first kappa shape index (κ1) is 16.9. The third-order valence-electron chi connectivity index (χ3n) is 2.54.